The molecule has 0 saturated heterocycles. The van der Waals surface area contributed by atoms with E-state index < -0.39 is 11.4 Å². The topological polar surface area (TPSA) is 49.9 Å². The summed E-state index contributed by atoms with van der Waals surface area (Å²) < 4.78 is 5.95. The monoisotopic (exact) mass is 432 g/mol. The maximum atomic E-state index is 13.9. The zero-order valence-electron chi connectivity index (χ0n) is 17.5. The maximum Gasteiger partial charge on any atom is 0.265 e. The molecule has 0 aliphatic carbocycles. The third kappa shape index (κ3) is 4.59. The number of carbonyl (C=O) groups is 2. The van der Waals surface area contributed by atoms with Gasteiger partial charge < -0.3 is 14.5 Å². The molecule has 0 aromatic heterocycles. The summed E-state index contributed by atoms with van der Waals surface area (Å²) >= 11 is 1.51. The summed E-state index contributed by atoms with van der Waals surface area (Å²) in [6.45, 7) is 0.172. The molecule has 0 saturated carbocycles. The van der Waals surface area contributed by atoms with Crippen molar-refractivity contribution in [2.24, 2.45) is 0 Å². The number of amides is 2. The number of likely N-dealkylation sites (N-methyl/N-ethyl adjacent to an activating group) is 1. The fourth-order valence-corrected chi connectivity index (χ4v) is 4.63. The van der Waals surface area contributed by atoms with Crippen LogP contribution in [-0.2, 0) is 9.59 Å². The van der Waals surface area contributed by atoms with Gasteiger partial charge in [0.1, 0.15) is 11.0 Å². The van der Waals surface area contributed by atoms with E-state index in [1.807, 2.05) is 78.9 Å². The van der Waals surface area contributed by atoms with Crippen molar-refractivity contribution in [2.45, 2.75) is 16.2 Å². The molecule has 31 heavy (non-hydrogen) atoms. The van der Waals surface area contributed by atoms with Gasteiger partial charge in [-0.05, 0) is 29.8 Å². The molecular formula is C25H24N2O3S. The zero-order chi connectivity index (χ0) is 21.8. The van der Waals surface area contributed by atoms with Gasteiger partial charge in [-0.3, -0.25) is 9.59 Å². The average molecular weight is 433 g/mol. The quantitative estimate of drug-likeness (QED) is 0.561. The summed E-state index contributed by atoms with van der Waals surface area (Å²) in [5, 5.41) is -0.454. The van der Waals surface area contributed by atoms with E-state index in [0.29, 0.717) is 11.4 Å². The van der Waals surface area contributed by atoms with Gasteiger partial charge in [-0.1, -0.05) is 60.7 Å². The molecule has 1 aliphatic heterocycles. The van der Waals surface area contributed by atoms with Crippen LogP contribution in [0.25, 0.3) is 0 Å². The molecule has 3 aromatic carbocycles. The molecule has 4 rings (SSSR count). The second-order valence-corrected chi connectivity index (χ2v) is 8.66. The highest BCUT2D eigenvalue weighted by Crippen LogP contribution is 2.41. The molecule has 158 valence electrons. The fraction of sp³-hybridized carbons (Fsp3) is 0.200. The van der Waals surface area contributed by atoms with Gasteiger partial charge in [-0.25, -0.2) is 0 Å². The highest BCUT2D eigenvalue weighted by Gasteiger charge is 2.37. The molecule has 5 nitrogen and oxygen atoms in total. The molecule has 2 atom stereocenters. The Labute approximate surface area is 186 Å². The first-order valence-corrected chi connectivity index (χ1v) is 11.0. The van der Waals surface area contributed by atoms with Crippen LogP contribution in [0.5, 0.6) is 5.75 Å². The summed E-state index contributed by atoms with van der Waals surface area (Å²) in [7, 11) is 3.38. The largest absolute Gasteiger partial charge is 0.476 e. The molecule has 2 amide bonds. The van der Waals surface area contributed by atoms with Crippen LogP contribution in [0.4, 0.5) is 5.69 Å². The Bertz CT molecular complexity index is 1060. The van der Waals surface area contributed by atoms with Crippen molar-refractivity contribution in [1.82, 2.24) is 4.90 Å². The minimum absolute atomic E-state index is 0.0765. The van der Waals surface area contributed by atoms with Crippen LogP contribution in [0.2, 0.25) is 0 Å². The second-order valence-electron chi connectivity index (χ2n) is 7.48. The van der Waals surface area contributed by atoms with Crippen LogP contribution >= 0.6 is 11.8 Å². The van der Waals surface area contributed by atoms with Gasteiger partial charge in [-0.15, -0.1) is 11.8 Å². The van der Waals surface area contributed by atoms with Crippen molar-refractivity contribution in [2.75, 3.05) is 25.5 Å². The molecule has 0 radical (unpaired) electrons. The summed E-state index contributed by atoms with van der Waals surface area (Å²) in [4.78, 5) is 30.8. The van der Waals surface area contributed by atoms with Gasteiger partial charge in [-0.2, -0.15) is 0 Å². The Morgan fingerprint density at radius 2 is 1.55 bits per heavy atom. The molecule has 1 heterocycles. The van der Waals surface area contributed by atoms with E-state index in [1.54, 1.807) is 25.1 Å². The molecule has 0 fully saturated rings. The molecule has 0 bridgehead atoms. The lowest BCUT2D eigenvalue weighted by molar-refractivity contribution is -0.136. The summed E-state index contributed by atoms with van der Waals surface area (Å²) in [6, 6.07) is 27.0. The number of benzene rings is 3. The van der Waals surface area contributed by atoms with Crippen LogP contribution in [0.15, 0.2) is 89.8 Å². The van der Waals surface area contributed by atoms with Crippen molar-refractivity contribution in [3.8, 4) is 5.75 Å². The Kier molecular flexibility index (Phi) is 6.28. The second kappa shape index (κ2) is 9.27. The van der Waals surface area contributed by atoms with Gasteiger partial charge in [0.05, 0.1) is 12.2 Å². The number of thioether (sulfide) groups is 1. The first kappa shape index (κ1) is 21.0. The van der Waals surface area contributed by atoms with E-state index in [4.69, 9.17) is 4.74 Å². The SMILES string of the molecule is CN(C)C(=O)[C@H]1CN(C(=O)[C@H](Sc2ccccc2)c2ccccc2)c2ccccc2O1. The number of anilines is 1. The third-order valence-electron chi connectivity index (χ3n) is 5.08. The predicted octanol–water partition coefficient (Wildman–Crippen LogP) is 4.40. The highest BCUT2D eigenvalue weighted by atomic mass is 32.2. The van der Waals surface area contributed by atoms with Gasteiger partial charge in [0.25, 0.3) is 5.91 Å². The summed E-state index contributed by atoms with van der Waals surface area (Å²) in [5.41, 5.74) is 1.60. The van der Waals surface area contributed by atoms with E-state index in [1.165, 1.54) is 16.7 Å². The third-order valence-corrected chi connectivity index (χ3v) is 6.33. The van der Waals surface area contributed by atoms with E-state index in [-0.39, 0.29) is 18.4 Å². The number of para-hydroxylation sites is 2. The van der Waals surface area contributed by atoms with Crippen molar-refractivity contribution in [3.05, 3.63) is 90.5 Å². The first-order valence-electron chi connectivity index (χ1n) is 10.1. The number of hydrogen-bond donors (Lipinski definition) is 0. The van der Waals surface area contributed by atoms with Crippen molar-refractivity contribution in [1.29, 1.82) is 0 Å². The highest BCUT2D eigenvalue weighted by molar-refractivity contribution is 8.00. The molecule has 0 spiro atoms. The molecular weight excluding hydrogens is 408 g/mol. The standard InChI is InChI=1S/C25H24N2O3S/c1-26(2)24(28)22-17-27(20-15-9-10-16-21(20)30-22)25(29)23(18-11-5-3-6-12-18)31-19-13-7-4-8-14-19/h3-16,22-23H,17H2,1-2H3/t22-,23-/m1/s1. The zero-order valence-corrected chi connectivity index (χ0v) is 18.3. The van der Waals surface area contributed by atoms with E-state index in [9.17, 15) is 9.59 Å². The number of nitrogens with zero attached hydrogens (tertiary/aromatic N) is 2. The maximum absolute atomic E-state index is 13.9. The van der Waals surface area contributed by atoms with E-state index >= 15 is 0 Å². The van der Waals surface area contributed by atoms with Gasteiger partial charge >= 0.3 is 0 Å². The van der Waals surface area contributed by atoms with Crippen LogP contribution in [0.1, 0.15) is 10.8 Å². The van der Waals surface area contributed by atoms with Gasteiger partial charge in [0.2, 0.25) is 5.91 Å². The molecule has 0 N–H and O–H groups in total. The van der Waals surface area contributed by atoms with Crippen LogP contribution in [0, 0.1) is 0 Å². The lowest BCUT2D eigenvalue weighted by Crippen LogP contribution is -2.51. The molecule has 6 heteroatoms. The van der Waals surface area contributed by atoms with Gasteiger partial charge in [0.15, 0.2) is 6.10 Å². The molecule has 1 aliphatic rings. The summed E-state index contributed by atoms with van der Waals surface area (Å²) in [6.07, 6.45) is -0.744. The van der Waals surface area contributed by atoms with Gasteiger partial charge in [0, 0.05) is 19.0 Å². The summed E-state index contributed by atoms with van der Waals surface area (Å²) in [5.74, 6) is 0.297. The molecule has 3 aromatic rings. The Balaban J connectivity index is 1.72. The smallest absolute Gasteiger partial charge is 0.265 e. The van der Waals surface area contributed by atoms with Crippen LogP contribution in [-0.4, -0.2) is 43.5 Å². The molecule has 0 unspecified atom stereocenters. The fourth-order valence-electron chi connectivity index (χ4n) is 3.53. The number of carbonyl (C=O) groups excluding carboxylic acids is 2. The minimum atomic E-state index is -0.744. The number of hydrogen-bond acceptors (Lipinski definition) is 4. The number of rotatable bonds is 5. The normalized spacial score (nSPS) is 16.1. The average Bonchev–Trinajstić information content (AvgIpc) is 2.82. The first-order chi connectivity index (χ1) is 15.0. The van der Waals surface area contributed by atoms with Crippen LogP contribution < -0.4 is 9.64 Å². The van der Waals surface area contributed by atoms with Crippen molar-refractivity contribution < 1.29 is 14.3 Å². The Hall–Kier alpha value is -3.25. The minimum Gasteiger partial charge on any atom is -0.476 e. The van der Waals surface area contributed by atoms with E-state index in [0.717, 1.165) is 10.5 Å². The number of fused-ring (bicyclic) bond motifs is 1. The van der Waals surface area contributed by atoms with E-state index in [2.05, 4.69) is 0 Å². The van der Waals surface area contributed by atoms with Crippen molar-refractivity contribution >= 4 is 29.3 Å². The Morgan fingerprint density at radius 3 is 2.23 bits per heavy atom. The number of ether oxygens (including phenoxy) is 1. The lowest BCUT2D eigenvalue weighted by Gasteiger charge is -2.36. The Morgan fingerprint density at radius 1 is 0.935 bits per heavy atom. The van der Waals surface area contributed by atoms with Crippen molar-refractivity contribution in [3.63, 3.8) is 0 Å². The van der Waals surface area contributed by atoms with Crippen LogP contribution in [0.3, 0.4) is 0 Å². The predicted molar refractivity (Wildman–Crippen MR) is 123 cm³/mol. The lowest BCUT2D eigenvalue weighted by atomic mass is 10.1.